The molecule has 1 aliphatic heterocycles. The zero-order chi connectivity index (χ0) is 14.0. The lowest BCUT2D eigenvalue weighted by atomic mass is 10.1. The van der Waals surface area contributed by atoms with E-state index in [1.165, 1.54) is 6.07 Å². The number of nitrogens with zero attached hydrogens (tertiary/aromatic N) is 2. The third-order valence-electron chi connectivity index (χ3n) is 3.00. The number of halogens is 1. The number of hydrogen-bond acceptors (Lipinski definition) is 4. The third kappa shape index (κ3) is 2.73. The van der Waals surface area contributed by atoms with E-state index in [1.807, 2.05) is 0 Å². The zero-order valence-corrected chi connectivity index (χ0v) is 10.7. The van der Waals surface area contributed by atoms with Crippen LogP contribution in [0.1, 0.15) is 12.5 Å². The lowest BCUT2D eigenvalue weighted by molar-refractivity contribution is 0.294. The van der Waals surface area contributed by atoms with Crippen molar-refractivity contribution in [2.45, 2.75) is 13.5 Å². The molecular formula is C13H16FN5. The van der Waals surface area contributed by atoms with Crippen LogP contribution in [-0.4, -0.2) is 23.1 Å². The molecule has 0 saturated carbocycles. The summed E-state index contributed by atoms with van der Waals surface area (Å²) in [4.78, 5) is 0. The van der Waals surface area contributed by atoms with Gasteiger partial charge in [-0.2, -0.15) is 5.10 Å². The van der Waals surface area contributed by atoms with Gasteiger partial charge in [-0.3, -0.25) is 10.4 Å². The quantitative estimate of drug-likeness (QED) is 0.563. The Hall–Kier alpha value is -2.37. The maximum absolute atomic E-state index is 13.6. The molecule has 0 fully saturated rings. The molecule has 1 aliphatic rings. The highest BCUT2D eigenvalue weighted by atomic mass is 19.1. The minimum Gasteiger partial charge on any atom is -0.400 e. The Labute approximate surface area is 110 Å². The van der Waals surface area contributed by atoms with Gasteiger partial charge in [0.25, 0.3) is 0 Å². The van der Waals surface area contributed by atoms with Crippen LogP contribution in [0.5, 0.6) is 0 Å². The molecule has 0 bridgehead atoms. The van der Waals surface area contributed by atoms with E-state index in [1.54, 1.807) is 30.1 Å². The number of rotatable bonds is 3. The van der Waals surface area contributed by atoms with Crippen LogP contribution in [0.25, 0.3) is 0 Å². The van der Waals surface area contributed by atoms with Gasteiger partial charge in [0, 0.05) is 16.8 Å². The molecule has 0 spiro atoms. The van der Waals surface area contributed by atoms with Crippen molar-refractivity contribution in [3.8, 4) is 0 Å². The Morgan fingerprint density at radius 1 is 1.47 bits per heavy atom. The Morgan fingerprint density at radius 2 is 2.16 bits per heavy atom. The molecule has 6 heteroatoms. The largest absolute Gasteiger partial charge is 0.400 e. The van der Waals surface area contributed by atoms with Gasteiger partial charge in [0.15, 0.2) is 0 Å². The van der Waals surface area contributed by atoms with Crippen molar-refractivity contribution in [3.63, 3.8) is 0 Å². The minimum absolute atomic E-state index is 0.140. The Kier molecular flexibility index (Phi) is 3.50. The van der Waals surface area contributed by atoms with Gasteiger partial charge in [-0.05, 0) is 13.0 Å². The number of nitrogens with two attached hydrogens (primary N) is 2. The number of hydrogen-bond donors (Lipinski definition) is 3. The van der Waals surface area contributed by atoms with Gasteiger partial charge in [0.1, 0.15) is 17.4 Å². The topological polar surface area (TPSA) is 91.5 Å². The number of benzene rings is 1. The average molecular weight is 261 g/mol. The smallest absolute Gasteiger partial charge is 0.143 e. The number of amidine groups is 1. The Morgan fingerprint density at radius 3 is 2.79 bits per heavy atom. The fourth-order valence-electron chi connectivity index (χ4n) is 1.89. The standard InChI is InChI=1S/C13H16FN5/c1-8-11(15)7-19(18-12(8)13(16)17)6-9-4-2-3-5-10(9)14/h2-5H,6-7,15H2,1H3,(H3,16,17). The SMILES string of the molecule is CC1=C(N)CN(Cc2ccccc2F)N=C1C(=N)N. The summed E-state index contributed by atoms with van der Waals surface area (Å²) >= 11 is 0. The first-order chi connectivity index (χ1) is 8.99. The van der Waals surface area contributed by atoms with Crippen molar-refractivity contribution in [1.82, 2.24) is 5.01 Å². The molecule has 100 valence electrons. The molecule has 0 aromatic heterocycles. The first kappa shape index (κ1) is 13.1. The highest BCUT2D eigenvalue weighted by Gasteiger charge is 2.19. The van der Waals surface area contributed by atoms with E-state index >= 15 is 0 Å². The Bertz CT molecular complexity index is 576. The molecule has 0 amide bonds. The molecule has 0 unspecified atom stereocenters. The minimum atomic E-state index is -0.285. The summed E-state index contributed by atoms with van der Waals surface area (Å²) in [5.74, 6) is -0.425. The highest BCUT2D eigenvalue weighted by Crippen LogP contribution is 2.16. The van der Waals surface area contributed by atoms with E-state index in [-0.39, 0.29) is 18.2 Å². The molecule has 1 aromatic carbocycles. The second kappa shape index (κ2) is 5.09. The zero-order valence-electron chi connectivity index (χ0n) is 10.7. The van der Waals surface area contributed by atoms with E-state index in [2.05, 4.69) is 5.10 Å². The van der Waals surface area contributed by atoms with Crippen molar-refractivity contribution in [2.24, 2.45) is 16.6 Å². The normalized spacial score (nSPS) is 15.5. The van der Waals surface area contributed by atoms with Crippen LogP contribution < -0.4 is 11.5 Å². The number of hydrazone groups is 1. The summed E-state index contributed by atoms with van der Waals surface area (Å²) in [6, 6.07) is 6.50. The van der Waals surface area contributed by atoms with Crippen LogP contribution >= 0.6 is 0 Å². The third-order valence-corrected chi connectivity index (χ3v) is 3.00. The van der Waals surface area contributed by atoms with Gasteiger partial charge >= 0.3 is 0 Å². The van der Waals surface area contributed by atoms with E-state index in [0.717, 1.165) is 0 Å². The second-order valence-corrected chi connectivity index (χ2v) is 4.43. The fraction of sp³-hybridized carbons (Fsp3) is 0.231. The van der Waals surface area contributed by atoms with Crippen LogP contribution in [0.2, 0.25) is 0 Å². The summed E-state index contributed by atoms with van der Waals surface area (Å²) < 4.78 is 13.6. The van der Waals surface area contributed by atoms with E-state index in [0.29, 0.717) is 29.1 Å². The molecule has 5 N–H and O–H groups in total. The Balaban J connectivity index is 2.24. The molecule has 0 radical (unpaired) electrons. The van der Waals surface area contributed by atoms with Gasteiger partial charge in [0.2, 0.25) is 0 Å². The first-order valence-electron chi connectivity index (χ1n) is 5.86. The molecular weight excluding hydrogens is 245 g/mol. The van der Waals surface area contributed by atoms with Gasteiger partial charge in [-0.1, -0.05) is 18.2 Å². The lowest BCUT2D eigenvalue weighted by Gasteiger charge is -2.26. The van der Waals surface area contributed by atoms with Crippen molar-refractivity contribution < 1.29 is 4.39 Å². The van der Waals surface area contributed by atoms with Crippen LogP contribution in [-0.2, 0) is 6.54 Å². The van der Waals surface area contributed by atoms with E-state index < -0.39 is 0 Å². The summed E-state index contributed by atoms with van der Waals surface area (Å²) in [5.41, 5.74) is 13.5. The van der Waals surface area contributed by atoms with E-state index in [9.17, 15) is 4.39 Å². The maximum atomic E-state index is 13.6. The van der Waals surface area contributed by atoms with Gasteiger partial charge in [-0.15, -0.1) is 0 Å². The molecule has 1 aromatic rings. The van der Waals surface area contributed by atoms with Crippen molar-refractivity contribution >= 4 is 11.5 Å². The monoisotopic (exact) mass is 261 g/mol. The van der Waals surface area contributed by atoms with Crippen molar-refractivity contribution in [2.75, 3.05) is 6.54 Å². The van der Waals surface area contributed by atoms with Crippen LogP contribution in [0, 0.1) is 11.2 Å². The summed E-state index contributed by atoms with van der Waals surface area (Å²) in [6.45, 7) is 2.46. The number of nitrogens with one attached hydrogen (secondary N) is 1. The maximum Gasteiger partial charge on any atom is 0.143 e. The van der Waals surface area contributed by atoms with Crippen molar-refractivity contribution in [1.29, 1.82) is 5.41 Å². The predicted octanol–water partition coefficient (Wildman–Crippen LogP) is 1.17. The summed E-state index contributed by atoms with van der Waals surface area (Å²) in [7, 11) is 0. The van der Waals surface area contributed by atoms with E-state index in [4.69, 9.17) is 16.9 Å². The molecule has 0 saturated heterocycles. The molecule has 19 heavy (non-hydrogen) atoms. The van der Waals surface area contributed by atoms with Crippen LogP contribution in [0.3, 0.4) is 0 Å². The molecule has 0 aliphatic carbocycles. The molecule has 2 rings (SSSR count). The average Bonchev–Trinajstić information content (AvgIpc) is 2.36. The molecule has 0 atom stereocenters. The fourth-order valence-corrected chi connectivity index (χ4v) is 1.89. The van der Waals surface area contributed by atoms with Gasteiger partial charge in [-0.25, -0.2) is 4.39 Å². The van der Waals surface area contributed by atoms with Crippen molar-refractivity contribution in [3.05, 3.63) is 46.9 Å². The van der Waals surface area contributed by atoms with Gasteiger partial charge in [0.05, 0.1) is 13.1 Å². The van der Waals surface area contributed by atoms with Gasteiger partial charge < -0.3 is 11.5 Å². The first-order valence-corrected chi connectivity index (χ1v) is 5.86. The van der Waals surface area contributed by atoms with Crippen LogP contribution in [0.15, 0.2) is 40.6 Å². The lowest BCUT2D eigenvalue weighted by Crippen LogP contribution is -2.36. The highest BCUT2D eigenvalue weighted by molar-refractivity contribution is 6.46. The summed E-state index contributed by atoms with van der Waals surface area (Å²) in [5, 5.41) is 13.3. The summed E-state index contributed by atoms with van der Waals surface area (Å²) in [6.07, 6.45) is 0. The second-order valence-electron chi connectivity index (χ2n) is 4.43. The van der Waals surface area contributed by atoms with Crippen LogP contribution in [0.4, 0.5) is 4.39 Å². The molecule has 5 nitrogen and oxygen atoms in total. The molecule has 1 heterocycles. The predicted molar refractivity (Wildman–Crippen MR) is 73.0 cm³/mol.